The molecule has 0 bridgehead atoms. The van der Waals surface area contributed by atoms with E-state index in [1.54, 1.807) is 0 Å². The van der Waals surface area contributed by atoms with Gasteiger partial charge in [-0.25, -0.2) is 4.39 Å². The minimum atomic E-state index is -0.176. The van der Waals surface area contributed by atoms with Gasteiger partial charge in [0.1, 0.15) is 5.82 Å². The highest BCUT2D eigenvalue weighted by molar-refractivity contribution is 5.54. The molecule has 0 saturated heterocycles. The molecule has 0 spiro atoms. The molecule has 2 aromatic carbocycles. The zero-order valence-corrected chi connectivity index (χ0v) is 9.49. The SMILES string of the molecule is Fc1ccc(C2CCc3ccccc3N2)cc1. The van der Waals surface area contributed by atoms with Gasteiger partial charge in [-0.2, -0.15) is 0 Å². The first-order valence-electron chi connectivity index (χ1n) is 5.93. The summed E-state index contributed by atoms with van der Waals surface area (Å²) < 4.78 is 12.9. The number of anilines is 1. The zero-order chi connectivity index (χ0) is 11.7. The molecule has 0 saturated carbocycles. The zero-order valence-electron chi connectivity index (χ0n) is 9.49. The van der Waals surface area contributed by atoms with E-state index in [2.05, 4.69) is 23.5 Å². The number of hydrogen-bond donors (Lipinski definition) is 1. The Morgan fingerprint density at radius 2 is 1.76 bits per heavy atom. The van der Waals surface area contributed by atoms with Crippen LogP contribution in [0.25, 0.3) is 0 Å². The number of benzene rings is 2. The third kappa shape index (κ3) is 2.03. The van der Waals surface area contributed by atoms with Crippen LogP contribution in [0.2, 0.25) is 0 Å². The fourth-order valence-corrected chi connectivity index (χ4v) is 2.38. The van der Waals surface area contributed by atoms with Gasteiger partial charge < -0.3 is 5.32 Å². The van der Waals surface area contributed by atoms with Crippen LogP contribution in [0.4, 0.5) is 10.1 Å². The molecule has 1 heterocycles. The molecule has 0 fully saturated rings. The Morgan fingerprint density at radius 1 is 1.00 bits per heavy atom. The Morgan fingerprint density at radius 3 is 2.59 bits per heavy atom. The van der Waals surface area contributed by atoms with Gasteiger partial charge >= 0.3 is 0 Å². The number of halogens is 1. The van der Waals surface area contributed by atoms with Crippen molar-refractivity contribution in [2.24, 2.45) is 0 Å². The second-order valence-electron chi connectivity index (χ2n) is 4.44. The van der Waals surface area contributed by atoms with Gasteiger partial charge in [0.2, 0.25) is 0 Å². The number of para-hydroxylation sites is 1. The van der Waals surface area contributed by atoms with Gasteiger partial charge in [0.25, 0.3) is 0 Å². The van der Waals surface area contributed by atoms with Crippen molar-refractivity contribution in [3.63, 3.8) is 0 Å². The smallest absolute Gasteiger partial charge is 0.123 e. The monoisotopic (exact) mass is 227 g/mol. The van der Waals surface area contributed by atoms with Gasteiger partial charge in [0.15, 0.2) is 0 Å². The Balaban J connectivity index is 1.86. The summed E-state index contributed by atoms with van der Waals surface area (Å²) in [5, 5.41) is 3.51. The summed E-state index contributed by atoms with van der Waals surface area (Å²) in [6.45, 7) is 0. The van der Waals surface area contributed by atoms with Crippen molar-refractivity contribution < 1.29 is 4.39 Å². The Labute approximate surface area is 100 Å². The van der Waals surface area contributed by atoms with Crippen molar-refractivity contribution in [3.05, 3.63) is 65.5 Å². The van der Waals surface area contributed by atoms with Crippen molar-refractivity contribution in [2.75, 3.05) is 5.32 Å². The van der Waals surface area contributed by atoms with Crippen molar-refractivity contribution in [1.82, 2.24) is 0 Å². The molecule has 0 amide bonds. The van der Waals surface area contributed by atoms with Crippen LogP contribution in [-0.2, 0) is 6.42 Å². The molecule has 1 unspecified atom stereocenters. The van der Waals surface area contributed by atoms with Crippen molar-refractivity contribution in [3.8, 4) is 0 Å². The Kier molecular flexibility index (Phi) is 2.56. The molecule has 17 heavy (non-hydrogen) atoms. The summed E-state index contributed by atoms with van der Waals surface area (Å²) >= 11 is 0. The topological polar surface area (TPSA) is 12.0 Å². The fraction of sp³-hybridized carbons (Fsp3) is 0.200. The Bertz CT molecular complexity index is 519. The second kappa shape index (κ2) is 4.21. The molecule has 1 N–H and O–H groups in total. The van der Waals surface area contributed by atoms with Crippen molar-refractivity contribution in [1.29, 1.82) is 0 Å². The molecule has 2 aromatic rings. The summed E-state index contributed by atoms with van der Waals surface area (Å²) in [7, 11) is 0. The average molecular weight is 227 g/mol. The number of nitrogens with one attached hydrogen (secondary N) is 1. The normalized spacial score (nSPS) is 18.3. The number of hydrogen-bond acceptors (Lipinski definition) is 1. The van der Waals surface area contributed by atoms with Gasteiger partial charge in [-0.15, -0.1) is 0 Å². The van der Waals surface area contributed by atoms with Gasteiger partial charge in [0, 0.05) is 5.69 Å². The molecule has 3 rings (SSSR count). The van der Waals surface area contributed by atoms with Crippen LogP contribution in [0.5, 0.6) is 0 Å². The van der Waals surface area contributed by atoms with E-state index in [1.165, 1.54) is 23.4 Å². The molecule has 1 atom stereocenters. The highest BCUT2D eigenvalue weighted by atomic mass is 19.1. The number of aryl methyl sites for hydroxylation is 1. The van der Waals surface area contributed by atoms with Gasteiger partial charge in [-0.1, -0.05) is 30.3 Å². The molecule has 0 radical (unpaired) electrons. The third-order valence-electron chi connectivity index (χ3n) is 3.32. The van der Waals surface area contributed by atoms with Crippen LogP contribution in [-0.4, -0.2) is 0 Å². The molecular weight excluding hydrogens is 213 g/mol. The summed E-state index contributed by atoms with van der Waals surface area (Å²) in [6.07, 6.45) is 2.13. The van der Waals surface area contributed by atoms with Crippen LogP contribution >= 0.6 is 0 Å². The van der Waals surface area contributed by atoms with E-state index >= 15 is 0 Å². The first kappa shape index (κ1) is 10.3. The van der Waals surface area contributed by atoms with Crippen LogP contribution in [0.15, 0.2) is 48.5 Å². The van der Waals surface area contributed by atoms with Gasteiger partial charge in [-0.3, -0.25) is 0 Å². The van der Waals surface area contributed by atoms with E-state index in [4.69, 9.17) is 0 Å². The molecule has 86 valence electrons. The minimum absolute atomic E-state index is 0.176. The highest BCUT2D eigenvalue weighted by Gasteiger charge is 2.18. The second-order valence-corrected chi connectivity index (χ2v) is 4.44. The third-order valence-corrected chi connectivity index (χ3v) is 3.32. The highest BCUT2D eigenvalue weighted by Crippen LogP contribution is 2.32. The lowest BCUT2D eigenvalue weighted by Gasteiger charge is -2.27. The van der Waals surface area contributed by atoms with Crippen LogP contribution in [0.3, 0.4) is 0 Å². The van der Waals surface area contributed by atoms with Gasteiger partial charge in [-0.05, 0) is 42.2 Å². The molecule has 1 nitrogen and oxygen atoms in total. The number of fused-ring (bicyclic) bond motifs is 1. The fourth-order valence-electron chi connectivity index (χ4n) is 2.38. The Hall–Kier alpha value is -1.83. The summed E-state index contributed by atoms with van der Waals surface area (Å²) in [5.74, 6) is -0.176. The minimum Gasteiger partial charge on any atom is -0.378 e. The molecule has 0 aliphatic carbocycles. The van der Waals surface area contributed by atoms with E-state index < -0.39 is 0 Å². The van der Waals surface area contributed by atoms with Gasteiger partial charge in [0.05, 0.1) is 6.04 Å². The van der Waals surface area contributed by atoms with E-state index in [9.17, 15) is 4.39 Å². The lowest BCUT2D eigenvalue weighted by molar-refractivity contribution is 0.622. The van der Waals surface area contributed by atoms with E-state index in [0.29, 0.717) is 6.04 Å². The lowest BCUT2D eigenvalue weighted by Crippen LogP contribution is -2.17. The van der Waals surface area contributed by atoms with Crippen molar-refractivity contribution >= 4 is 5.69 Å². The first-order valence-corrected chi connectivity index (χ1v) is 5.93. The number of rotatable bonds is 1. The van der Waals surface area contributed by atoms with Crippen LogP contribution in [0, 0.1) is 5.82 Å². The predicted octanol–water partition coefficient (Wildman–Crippen LogP) is 3.93. The maximum Gasteiger partial charge on any atom is 0.123 e. The van der Waals surface area contributed by atoms with Crippen LogP contribution in [0.1, 0.15) is 23.6 Å². The largest absolute Gasteiger partial charge is 0.378 e. The summed E-state index contributed by atoms with van der Waals surface area (Å²) in [6, 6.07) is 15.4. The van der Waals surface area contributed by atoms with E-state index in [0.717, 1.165) is 18.4 Å². The standard InChI is InChI=1S/C15H14FN/c16-13-8-5-12(6-9-13)15-10-7-11-3-1-2-4-14(11)17-15/h1-6,8-9,15,17H,7,10H2. The summed E-state index contributed by atoms with van der Waals surface area (Å²) in [4.78, 5) is 0. The molecular formula is C15H14FN. The van der Waals surface area contributed by atoms with E-state index in [-0.39, 0.29) is 5.82 Å². The maximum absolute atomic E-state index is 12.9. The maximum atomic E-state index is 12.9. The molecule has 0 aromatic heterocycles. The predicted molar refractivity (Wildman–Crippen MR) is 67.5 cm³/mol. The quantitative estimate of drug-likeness (QED) is 0.778. The van der Waals surface area contributed by atoms with Crippen LogP contribution < -0.4 is 5.32 Å². The van der Waals surface area contributed by atoms with Crippen molar-refractivity contribution in [2.45, 2.75) is 18.9 Å². The first-order chi connectivity index (χ1) is 8.33. The molecule has 1 aliphatic heterocycles. The molecule has 1 aliphatic rings. The average Bonchev–Trinajstić information content (AvgIpc) is 2.39. The molecule has 2 heteroatoms. The van der Waals surface area contributed by atoms with E-state index in [1.807, 2.05) is 18.2 Å². The lowest BCUT2D eigenvalue weighted by atomic mass is 9.93. The summed E-state index contributed by atoms with van der Waals surface area (Å²) in [5.41, 5.74) is 3.72.